The summed E-state index contributed by atoms with van der Waals surface area (Å²) in [5, 5.41) is 11.7. The molecule has 1 fully saturated rings. The molecule has 0 unspecified atom stereocenters. The zero-order chi connectivity index (χ0) is 10.7. The van der Waals surface area contributed by atoms with Gasteiger partial charge in [0.25, 0.3) is 0 Å². The van der Waals surface area contributed by atoms with E-state index in [0.717, 1.165) is 18.9 Å². The number of aromatic nitrogens is 2. The molecule has 1 saturated carbocycles. The third kappa shape index (κ3) is 2.90. The predicted molar refractivity (Wildman–Crippen MR) is 54.8 cm³/mol. The maximum Gasteiger partial charge on any atom is 0.354 e. The number of aromatic carboxylic acids is 1. The monoisotopic (exact) mass is 207 g/mol. The molecule has 5 nitrogen and oxygen atoms in total. The van der Waals surface area contributed by atoms with Crippen LogP contribution in [0.1, 0.15) is 29.8 Å². The van der Waals surface area contributed by atoms with Crippen molar-refractivity contribution in [3.8, 4) is 0 Å². The summed E-state index contributed by atoms with van der Waals surface area (Å²) in [7, 11) is 0. The van der Waals surface area contributed by atoms with Crippen LogP contribution in [0.5, 0.6) is 0 Å². The molecule has 0 aliphatic heterocycles. The molecule has 1 aliphatic rings. The fourth-order valence-corrected chi connectivity index (χ4v) is 1.36. The quantitative estimate of drug-likeness (QED) is 0.763. The van der Waals surface area contributed by atoms with Crippen LogP contribution < -0.4 is 5.32 Å². The summed E-state index contributed by atoms with van der Waals surface area (Å²) in [4.78, 5) is 18.4. The molecule has 1 aromatic rings. The minimum absolute atomic E-state index is 0.0268. The van der Waals surface area contributed by atoms with E-state index < -0.39 is 5.97 Å². The Morgan fingerprint density at radius 2 is 2.40 bits per heavy atom. The van der Waals surface area contributed by atoms with E-state index in [-0.39, 0.29) is 5.69 Å². The number of rotatable bonds is 5. The van der Waals surface area contributed by atoms with Gasteiger partial charge in [-0.15, -0.1) is 0 Å². The minimum Gasteiger partial charge on any atom is -0.477 e. The van der Waals surface area contributed by atoms with Crippen LogP contribution in [0, 0.1) is 5.92 Å². The first-order valence-corrected chi connectivity index (χ1v) is 5.06. The Hall–Kier alpha value is -1.65. The van der Waals surface area contributed by atoms with E-state index in [2.05, 4.69) is 15.3 Å². The Morgan fingerprint density at radius 3 is 3.07 bits per heavy atom. The van der Waals surface area contributed by atoms with Gasteiger partial charge >= 0.3 is 5.97 Å². The van der Waals surface area contributed by atoms with Gasteiger partial charge in [-0.1, -0.05) is 12.8 Å². The van der Waals surface area contributed by atoms with Gasteiger partial charge in [-0.05, 0) is 18.4 Å². The molecule has 2 N–H and O–H groups in total. The van der Waals surface area contributed by atoms with Gasteiger partial charge in [-0.25, -0.2) is 14.8 Å². The van der Waals surface area contributed by atoms with Crippen molar-refractivity contribution in [1.82, 2.24) is 9.97 Å². The highest BCUT2D eigenvalue weighted by Crippen LogP contribution is 2.31. The summed E-state index contributed by atoms with van der Waals surface area (Å²) in [5.41, 5.74) is 0.0268. The van der Waals surface area contributed by atoms with Crippen molar-refractivity contribution in [1.29, 1.82) is 0 Å². The molecule has 1 aromatic heterocycles. The van der Waals surface area contributed by atoms with E-state index in [1.807, 2.05) is 0 Å². The molecular weight excluding hydrogens is 194 g/mol. The molecule has 0 spiro atoms. The molecule has 80 valence electrons. The Bertz CT molecular complexity index is 363. The topological polar surface area (TPSA) is 75.1 Å². The van der Waals surface area contributed by atoms with Crippen LogP contribution in [0.4, 0.5) is 5.95 Å². The number of nitrogens with one attached hydrogen (secondary N) is 1. The molecule has 2 rings (SSSR count). The SMILES string of the molecule is O=C(O)c1ccnc(NCCC2CC2)n1. The summed E-state index contributed by atoms with van der Waals surface area (Å²) >= 11 is 0. The van der Waals surface area contributed by atoms with Crippen molar-refractivity contribution in [3.05, 3.63) is 18.0 Å². The van der Waals surface area contributed by atoms with Crippen LogP contribution in [0.2, 0.25) is 0 Å². The lowest BCUT2D eigenvalue weighted by molar-refractivity contribution is 0.0690. The predicted octanol–water partition coefficient (Wildman–Crippen LogP) is 1.39. The highest BCUT2D eigenvalue weighted by molar-refractivity contribution is 5.85. The van der Waals surface area contributed by atoms with Crippen molar-refractivity contribution in [2.45, 2.75) is 19.3 Å². The average molecular weight is 207 g/mol. The summed E-state index contributed by atoms with van der Waals surface area (Å²) in [5.74, 6) is 0.221. The van der Waals surface area contributed by atoms with E-state index in [1.165, 1.54) is 25.1 Å². The molecule has 0 amide bonds. The molecule has 1 heterocycles. The molecule has 0 saturated heterocycles. The molecule has 15 heavy (non-hydrogen) atoms. The van der Waals surface area contributed by atoms with Gasteiger partial charge in [-0.2, -0.15) is 0 Å². The number of carboxylic acid groups (broad SMARTS) is 1. The van der Waals surface area contributed by atoms with Gasteiger partial charge in [0.15, 0.2) is 5.69 Å². The molecule has 0 aromatic carbocycles. The fourth-order valence-electron chi connectivity index (χ4n) is 1.36. The van der Waals surface area contributed by atoms with Crippen molar-refractivity contribution < 1.29 is 9.90 Å². The largest absolute Gasteiger partial charge is 0.477 e. The van der Waals surface area contributed by atoms with Gasteiger partial charge < -0.3 is 10.4 Å². The van der Waals surface area contributed by atoms with Crippen molar-refractivity contribution >= 4 is 11.9 Å². The van der Waals surface area contributed by atoms with Crippen LogP contribution >= 0.6 is 0 Å². The number of hydrogen-bond donors (Lipinski definition) is 2. The van der Waals surface area contributed by atoms with Crippen LogP contribution in [0.25, 0.3) is 0 Å². The van der Waals surface area contributed by atoms with Gasteiger partial charge in [-0.3, -0.25) is 0 Å². The maximum atomic E-state index is 10.6. The number of carboxylic acids is 1. The lowest BCUT2D eigenvalue weighted by Crippen LogP contribution is -2.09. The van der Waals surface area contributed by atoms with E-state index in [9.17, 15) is 4.79 Å². The first kappa shape index (κ1) is 9.89. The Kier molecular flexibility index (Phi) is 2.80. The van der Waals surface area contributed by atoms with Crippen LogP contribution in [0.3, 0.4) is 0 Å². The van der Waals surface area contributed by atoms with Gasteiger partial charge in [0.05, 0.1) is 0 Å². The van der Waals surface area contributed by atoms with E-state index in [1.54, 1.807) is 0 Å². The van der Waals surface area contributed by atoms with Gasteiger partial charge in [0.2, 0.25) is 5.95 Å². The second kappa shape index (κ2) is 4.25. The van der Waals surface area contributed by atoms with Gasteiger partial charge in [0.1, 0.15) is 0 Å². The number of carbonyl (C=O) groups is 1. The second-order valence-electron chi connectivity index (χ2n) is 3.73. The Morgan fingerprint density at radius 1 is 1.60 bits per heavy atom. The van der Waals surface area contributed by atoms with Crippen LogP contribution in [0.15, 0.2) is 12.3 Å². The summed E-state index contributed by atoms with van der Waals surface area (Å²) in [6.07, 6.45) is 5.20. The molecule has 0 bridgehead atoms. The smallest absolute Gasteiger partial charge is 0.354 e. The fraction of sp³-hybridized carbons (Fsp3) is 0.500. The van der Waals surface area contributed by atoms with Crippen molar-refractivity contribution in [3.63, 3.8) is 0 Å². The number of nitrogens with zero attached hydrogens (tertiary/aromatic N) is 2. The number of hydrogen-bond acceptors (Lipinski definition) is 4. The van der Waals surface area contributed by atoms with Gasteiger partial charge in [0, 0.05) is 12.7 Å². The van der Waals surface area contributed by atoms with Crippen LogP contribution in [-0.4, -0.2) is 27.6 Å². The molecule has 0 atom stereocenters. The molecule has 5 heteroatoms. The summed E-state index contributed by atoms with van der Waals surface area (Å²) < 4.78 is 0. The van der Waals surface area contributed by atoms with E-state index in [4.69, 9.17) is 5.11 Å². The highest BCUT2D eigenvalue weighted by Gasteiger charge is 2.20. The zero-order valence-electron chi connectivity index (χ0n) is 8.31. The second-order valence-corrected chi connectivity index (χ2v) is 3.73. The maximum absolute atomic E-state index is 10.6. The first-order valence-electron chi connectivity index (χ1n) is 5.06. The third-order valence-electron chi connectivity index (χ3n) is 2.41. The van der Waals surface area contributed by atoms with Crippen LogP contribution in [-0.2, 0) is 0 Å². The number of anilines is 1. The van der Waals surface area contributed by atoms with E-state index in [0.29, 0.717) is 5.95 Å². The minimum atomic E-state index is -1.03. The lowest BCUT2D eigenvalue weighted by Gasteiger charge is -2.03. The highest BCUT2D eigenvalue weighted by atomic mass is 16.4. The molecule has 1 aliphatic carbocycles. The lowest BCUT2D eigenvalue weighted by atomic mass is 10.3. The van der Waals surface area contributed by atoms with Crippen molar-refractivity contribution in [2.24, 2.45) is 5.92 Å². The summed E-state index contributed by atoms with van der Waals surface area (Å²) in [6, 6.07) is 1.38. The first-order chi connectivity index (χ1) is 7.25. The zero-order valence-corrected chi connectivity index (χ0v) is 8.31. The Balaban J connectivity index is 1.88. The average Bonchev–Trinajstić information content (AvgIpc) is 3.02. The van der Waals surface area contributed by atoms with Crippen molar-refractivity contribution in [2.75, 3.05) is 11.9 Å². The standard InChI is InChI=1S/C10H13N3O2/c14-9(15)8-4-6-12-10(13-8)11-5-3-7-1-2-7/h4,6-7H,1-3,5H2,(H,14,15)(H,11,12,13). The normalized spacial score (nSPS) is 14.9. The molecule has 0 radical (unpaired) electrons. The Labute approximate surface area is 87.6 Å². The summed E-state index contributed by atoms with van der Waals surface area (Å²) in [6.45, 7) is 0.813. The molecular formula is C10H13N3O2. The third-order valence-corrected chi connectivity index (χ3v) is 2.41. The van der Waals surface area contributed by atoms with E-state index >= 15 is 0 Å².